The highest BCUT2D eigenvalue weighted by molar-refractivity contribution is 6.17. The largest absolute Gasteiger partial charge is 0.127 e. The average Bonchev–Trinajstić information content (AvgIpc) is 2.46. The van der Waals surface area contributed by atoms with Crippen molar-refractivity contribution < 1.29 is 0 Å². The molecule has 1 aromatic rings. The molecule has 0 saturated carbocycles. The Kier molecular flexibility index (Phi) is 7.90. The van der Waals surface area contributed by atoms with Crippen LogP contribution in [-0.2, 0) is 6.42 Å². The van der Waals surface area contributed by atoms with Crippen molar-refractivity contribution in [3.05, 3.63) is 48.6 Å². The second-order valence-electron chi connectivity index (χ2n) is 5.70. The third-order valence-corrected chi connectivity index (χ3v) is 4.22. The summed E-state index contributed by atoms with van der Waals surface area (Å²) in [5.74, 6) is 0.798. The summed E-state index contributed by atoms with van der Waals surface area (Å²) in [6.45, 7) is 6.38. The first-order chi connectivity index (χ1) is 9.20. The van der Waals surface area contributed by atoms with E-state index in [0.717, 1.165) is 18.7 Å². The van der Waals surface area contributed by atoms with Gasteiger partial charge in [-0.05, 0) is 36.7 Å². The summed E-state index contributed by atoms with van der Waals surface area (Å²) in [5.41, 5.74) is 1.70. The van der Waals surface area contributed by atoms with Crippen molar-refractivity contribution in [2.45, 2.75) is 51.9 Å². The first kappa shape index (κ1) is 16.3. The van der Waals surface area contributed by atoms with E-state index < -0.39 is 0 Å². The van der Waals surface area contributed by atoms with Crippen LogP contribution in [0, 0.1) is 5.41 Å². The summed E-state index contributed by atoms with van der Waals surface area (Å²) in [7, 11) is 0. The summed E-state index contributed by atoms with van der Waals surface area (Å²) in [6.07, 6.45) is 10.7. The molecule has 0 unspecified atom stereocenters. The Bertz CT molecular complexity index is 344. The predicted molar refractivity (Wildman–Crippen MR) is 86.9 cm³/mol. The Morgan fingerprint density at radius 1 is 1.05 bits per heavy atom. The van der Waals surface area contributed by atoms with Crippen LogP contribution in [-0.4, -0.2) is 5.88 Å². The zero-order valence-electron chi connectivity index (χ0n) is 12.2. The van der Waals surface area contributed by atoms with Gasteiger partial charge in [0.15, 0.2) is 0 Å². The summed E-state index contributed by atoms with van der Waals surface area (Å²) in [5, 5.41) is 0. The van der Waals surface area contributed by atoms with Gasteiger partial charge in [-0.15, -0.1) is 18.2 Å². The van der Waals surface area contributed by atoms with Gasteiger partial charge >= 0.3 is 0 Å². The Morgan fingerprint density at radius 2 is 1.74 bits per heavy atom. The van der Waals surface area contributed by atoms with E-state index in [0.29, 0.717) is 0 Å². The fourth-order valence-electron chi connectivity index (χ4n) is 2.38. The van der Waals surface area contributed by atoms with Gasteiger partial charge in [-0.2, -0.15) is 0 Å². The molecule has 1 atom stereocenters. The van der Waals surface area contributed by atoms with Crippen molar-refractivity contribution in [3.63, 3.8) is 0 Å². The molecule has 1 heteroatoms. The average molecular weight is 279 g/mol. The molecule has 0 fully saturated rings. The number of alkyl halides is 1. The van der Waals surface area contributed by atoms with Crippen molar-refractivity contribution in [2.24, 2.45) is 5.41 Å². The highest BCUT2D eigenvalue weighted by atomic mass is 35.5. The maximum Gasteiger partial charge on any atom is 0.0223 e. The minimum Gasteiger partial charge on any atom is -0.127 e. The van der Waals surface area contributed by atoms with Gasteiger partial charge in [0, 0.05) is 5.88 Å². The van der Waals surface area contributed by atoms with Gasteiger partial charge in [-0.25, -0.2) is 0 Å². The van der Waals surface area contributed by atoms with Gasteiger partial charge in [0.05, 0.1) is 0 Å². The molecular weight excluding hydrogens is 252 g/mol. The second kappa shape index (κ2) is 9.20. The molecule has 0 radical (unpaired) electrons. The molecule has 1 rings (SSSR count). The zero-order chi connectivity index (χ0) is 14.0. The van der Waals surface area contributed by atoms with E-state index in [1.807, 2.05) is 0 Å². The van der Waals surface area contributed by atoms with Crippen LogP contribution in [0.4, 0.5) is 0 Å². The van der Waals surface area contributed by atoms with E-state index >= 15 is 0 Å². The number of halogens is 1. The van der Waals surface area contributed by atoms with Crippen LogP contribution >= 0.6 is 11.6 Å². The Balaban J connectivity index is 2.31. The molecule has 0 heterocycles. The minimum absolute atomic E-state index is 0.275. The van der Waals surface area contributed by atoms with Crippen molar-refractivity contribution >= 4 is 11.6 Å². The molecule has 106 valence electrons. The summed E-state index contributed by atoms with van der Waals surface area (Å²) in [4.78, 5) is 0. The number of hydrogen-bond acceptors (Lipinski definition) is 0. The Morgan fingerprint density at radius 3 is 2.37 bits per heavy atom. The van der Waals surface area contributed by atoms with Crippen LogP contribution < -0.4 is 0 Å². The lowest BCUT2D eigenvalue weighted by atomic mass is 9.79. The SMILES string of the molecule is C=C[C@@](C)(CCCCCCCl)CCc1ccccc1. The van der Waals surface area contributed by atoms with Gasteiger partial charge in [-0.1, -0.05) is 62.6 Å². The monoisotopic (exact) mass is 278 g/mol. The fraction of sp³-hybridized carbons (Fsp3) is 0.556. The number of hydrogen-bond donors (Lipinski definition) is 0. The van der Waals surface area contributed by atoms with Crippen molar-refractivity contribution in [3.8, 4) is 0 Å². The number of allylic oxidation sites excluding steroid dienone is 1. The van der Waals surface area contributed by atoms with Crippen LogP contribution in [0.5, 0.6) is 0 Å². The standard InChI is InChI=1S/C18H27Cl/c1-3-18(2,14-9-4-5-10-16-19)15-13-17-11-7-6-8-12-17/h3,6-8,11-12H,1,4-5,9-10,13-16H2,2H3/t18-/m0/s1. The molecule has 0 N–H and O–H groups in total. The Hall–Kier alpha value is -0.750. The molecule has 0 bridgehead atoms. The van der Waals surface area contributed by atoms with Gasteiger partial charge < -0.3 is 0 Å². The first-order valence-electron chi connectivity index (χ1n) is 7.44. The maximum atomic E-state index is 5.70. The van der Waals surface area contributed by atoms with Gasteiger partial charge in [-0.3, -0.25) is 0 Å². The van der Waals surface area contributed by atoms with E-state index in [1.54, 1.807) is 0 Å². The van der Waals surface area contributed by atoms with Crippen LogP contribution in [0.25, 0.3) is 0 Å². The van der Waals surface area contributed by atoms with E-state index in [1.165, 1.54) is 37.7 Å². The molecule has 0 nitrogen and oxygen atoms in total. The maximum absolute atomic E-state index is 5.70. The van der Waals surface area contributed by atoms with E-state index in [-0.39, 0.29) is 5.41 Å². The molecule has 0 aromatic heterocycles. The van der Waals surface area contributed by atoms with Crippen molar-refractivity contribution in [1.82, 2.24) is 0 Å². The summed E-state index contributed by atoms with van der Waals surface area (Å²) >= 11 is 5.70. The molecule has 1 aromatic carbocycles. The number of rotatable bonds is 10. The fourth-order valence-corrected chi connectivity index (χ4v) is 2.57. The molecule has 0 aliphatic rings. The topological polar surface area (TPSA) is 0 Å². The molecule has 0 amide bonds. The van der Waals surface area contributed by atoms with E-state index in [2.05, 4.69) is 49.9 Å². The molecule has 0 aliphatic heterocycles. The van der Waals surface area contributed by atoms with Crippen molar-refractivity contribution in [2.75, 3.05) is 5.88 Å². The smallest absolute Gasteiger partial charge is 0.0223 e. The highest BCUT2D eigenvalue weighted by Gasteiger charge is 2.19. The lowest BCUT2D eigenvalue weighted by Crippen LogP contribution is -2.14. The summed E-state index contributed by atoms with van der Waals surface area (Å²) < 4.78 is 0. The lowest BCUT2D eigenvalue weighted by Gasteiger charge is -2.26. The predicted octanol–water partition coefficient (Wildman–Crippen LogP) is 6.00. The molecular formula is C18H27Cl. The first-order valence-corrected chi connectivity index (χ1v) is 7.97. The minimum atomic E-state index is 0.275. The normalized spacial score (nSPS) is 14.0. The third kappa shape index (κ3) is 6.82. The van der Waals surface area contributed by atoms with Crippen LogP contribution in [0.1, 0.15) is 51.0 Å². The lowest BCUT2D eigenvalue weighted by molar-refractivity contribution is 0.344. The summed E-state index contributed by atoms with van der Waals surface area (Å²) in [6, 6.07) is 10.7. The molecule has 0 aliphatic carbocycles. The van der Waals surface area contributed by atoms with Crippen LogP contribution in [0.3, 0.4) is 0 Å². The highest BCUT2D eigenvalue weighted by Crippen LogP contribution is 2.31. The van der Waals surface area contributed by atoms with Gasteiger partial charge in [0.25, 0.3) is 0 Å². The molecule has 0 saturated heterocycles. The van der Waals surface area contributed by atoms with Gasteiger partial charge in [0.1, 0.15) is 0 Å². The van der Waals surface area contributed by atoms with E-state index in [4.69, 9.17) is 11.6 Å². The van der Waals surface area contributed by atoms with Crippen LogP contribution in [0.15, 0.2) is 43.0 Å². The Labute approximate surface area is 123 Å². The number of benzene rings is 1. The molecule has 19 heavy (non-hydrogen) atoms. The van der Waals surface area contributed by atoms with E-state index in [9.17, 15) is 0 Å². The van der Waals surface area contributed by atoms with Crippen molar-refractivity contribution in [1.29, 1.82) is 0 Å². The number of aryl methyl sites for hydroxylation is 1. The zero-order valence-corrected chi connectivity index (χ0v) is 13.0. The van der Waals surface area contributed by atoms with Crippen LogP contribution in [0.2, 0.25) is 0 Å². The third-order valence-electron chi connectivity index (χ3n) is 3.95. The quantitative estimate of drug-likeness (QED) is 0.280. The second-order valence-corrected chi connectivity index (χ2v) is 6.07. The van der Waals surface area contributed by atoms with Gasteiger partial charge in [0.2, 0.25) is 0 Å². The number of unbranched alkanes of at least 4 members (excludes halogenated alkanes) is 3. The molecule has 0 spiro atoms.